The van der Waals surface area contributed by atoms with Crippen LogP contribution in [0.4, 0.5) is 0 Å². The third kappa shape index (κ3) is 5.88. The van der Waals surface area contributed by atoms with Crippen molar-refractivity contribution in [2.24, 2.45) is 11.8 Å². The largest absolute Gasteiger partial charge is 0.536 e. The van der Waals surface area contributed by atoms with Gasteiger partial charge in [0.2, 0.25) is 0 Å². The minimum absolute atomic E-state index is 0.680. The second-order valence-electron chi connectivity index (χ2n) is 8.94. The molecular formula is C26H40O6Si2. The lowest BCUT2D eigenvalue weighted by Gasteiger charge is -2.32. The molecule has 3 rings (SSSR count). The molecule has 1 aliphatic carbocycles. The first kappa shape index (κ1) is 27.2. The summed E-state index contributed by atoms with van der Waals surface area (Å²) in [7, 11) is 4.31. The summed E-state index contributed by atoms with van der Waals surface area (Å²) in [6.45, 7) is 0. The maximum atomic E-state index is 5.62. The average molecular weight is 505 g/mol. The fraction of sp³-hybridized carbons (Fsp3) is 0.538. The molecule has 2 aromatic rings. The Bertz CT molecular complexity index is 776. The molecule has 0 unspecified atom stereocenters. The van der Waals surface area contributed by atoms with E-state index >= 15 is 0 Å². The van der Waals surface area contributed by atoms with E-state index in [1.165, 1.54) is 36.8 Å². The van der Waals surface area contributed by atoms with E-state index < -0.39 is 17.6 Å². The number of hydrogen-bond donors (Lipinski definition) is 0. The van der Waals surface area contributed by atoms with E-state index in [0.717, 1.165) is 23.2 Å². The van der Waals surface area contributed by atoms with E-state index in [4.69, 9.17) is 26.6 Å². The van der Waals surface area contributed by atoms with E-state index in [2.05, 4.69) is 48.5 Å². The molecule has 34 heavy (non-hydrogen) atoms. The zero-order valence-corrected chi connectivity index (χ0v) is 23.5. The van der Waals surface area contributed by atoms with Gasteiger partial charge in [-0.25, -0.2) is 0 Å². The summed E-state index contributed by atoms with van der Waals surface area (Å²) in [5.74, 6) is 1.36. The third-order valence-electron chi connectivity index (χ3n) is 7.29. The van der Waals surface area contributed by atoms with Crippen LogP contribution in [0.15, 0.2) is 48.5 Å². The van der Waals surface area contributed by atoms with Crippen molar-refractivity contribution in [3.05, 3.63) is 59.7 Å². The number of benzene rings is 2. The highest BCUT2D eigenvalue weighted by Crippen LogP contribution is 2.35. The summed E-state index contributed by atoms with van der Waals surface area (Å²) in [5, 5.41) is 1.98. The summed E-state index contributed by atoms with van der Waals surface area (Å²) in [6.07, 6.45) is 7.38. The second kappa shape index (κ2) is 12.6. The molecule has 1 aliphatic rings. The predicted octanol–water partition coefficient (Wildman–Crippen LogP) is 3.45. The minimum Gasteiger partial charge on any atom is -0.373 e. The van der Waals surface area contributed by atoms with Crippen LogP contribution in [-0.4, -0.2) is 60.3 Å². The van der Waals surface area contributed by atoms with E-state index in [0.29, 0.717) is 11.8 Å². The van der Waals surface area contributed by atoms with Crippen molar-refractivity contribution in [3.8, 4) is 0 Å². The summed E-state index contributed by atoms with van der Waals surface area (Å²) >= 11 is 0. The van der Waals surface area contributed by atoms with Crippen LogP contribution < -0.4 is 10.4 Å². The molecule has 2 atom stereocenters. The van der Waals surface area contributed by atoms with Crippen molar-refractivity contribution < 1.29 is 26.6 Å². The van der Waals surface area contributed by atoms with E-state index in [1.807, 2.05) is 0 Å². The predicted molar refractivity (Wildman–Crippen MR) is 139 cm³/mol. The van der Waals surface area contributed by atoms with Gasteiger partial charge in [-0.2, -0.15) is 0 Å². The summed E-state index contributed by atoms with van der Waals surface area (Å²) < 4.78 is 33.7. The smallest absolute Gasteiger partial charge is 0.373 e. The van der Waals surface area contributed by atoms with Crippen molar-refractivity contribution in [1.29, 1.82) is 0 Å². The molecule has 0 amide bonds. The minimum atomic E-state index is -2.78. The van der Waals surface area contributed by atoms with Crippen molar-refractivity contribution >= 4 is 28.0 Å². The highest BCUT2D eigenvalue weighted by atomic mass is 28.4. The Labute approximate surface area is 207 Å². The van der Waals surface area contributed by atoms with Gasteiger partial charge in [0.05, 0.1) is 0 Å². The molecule has 8 heteroatoms. The first-order chi connectivity index (χ1) is 16.5. The van der Waals surface area contributed by atoms with E-state index in [1.54, 1.807) is 42.7 Å². The average Bonchev–Trinajstić information content (AvgIpc) is 2.90. The standard InChI is InChI=1S/C26H40O6Si2/c1-27-33(28-2,29-3)25-15-11-21(12-16-25)19-23-9-7-8-10-24(23)20-22-13-17-26(18-14-22)34(30-4,31-5)32-6/h11-18,23-24H,7-10,19-20H2,1-6H3/t23-,24-/m0/s1. The Hall–Kier alpha value is -1.37. The van der Waals surface area contributed by atoms with Crippen molar-refractivity contribution in [2.75, 3.05) is 42.7 Å². The molecule has 0 saturated heterocycles. The molecule has 2 aromatic carbocycles. The molecule has 0 spiro atoms. The fourth-order valence-corrected chi connectivity index (χ4v) is 8.89. The quantitative estimate of drug-likeness (QED) is 0.413. The molecule has 0 aromatic heterocycles. The van der Waals surface area contributed by atoms with E-state index in [9.17, 15) is 0 Å². The van der Waals surface area contributed by atoms with Gasteiger partial charge in [-0.1, -0.05) is 61.4 Å². The van der Waals surface area contributed by atoms with Crippen LogP contribution in [0.5, 0.6) is 0 Å². The van der Waals surface area contributed by atoms with Crippen molar-refractivity contribution in [2.45, 2.75) is 38.5 Å². The third-order valence-corrected chi connectivity index (χ3v) is 12.6. The van der Waals surface area contributed by atoms with Gasteiger partial charge in [0, 0.05) is 53.0 Å². The number of rotatable bonds is 12. The molecule has 1 saturated carbocycles. The van der Waals surface area contributed by atoms with Gasteiger partial charge in [0.15, 0.2) is 0 Å². The summed E-state index contributed by atoms with van der Waals surface area (Å²) in [4.78, 5) is 0. The summed E-state index contributed by atoms with van der Waals surface area (Å²) in [6, 6.07) is 17.2. The Morgan fingerprint density at radius 3 is 1.09 bits per heavy atom. The van der Waals surface area contributed by atoms with Crippen LogP contribution in [0.1, 0.15) is 36.8 Å². The SMILES string of the molecule is CO[Si](OC)(OC)c1ccc(C[C@@H]2CCCC[C@H]2Cc2ccc([Si](OC)(OC)OC)cc2)cc1. The Kier molecular flexibility index (Phi) is 10.1. The number of hydrogen-bond acceptors (Lipinski definition) is 6. The van der Waals surface area contributed by atoms with Crippen LogP contribution in [0.3, 0.4) is 0 Å². The molecule has 6 nitrogen and oxygen atoms in total. The van der Waals surface area contributed by atoms with E-state index in [-0.39, 0.29) is 0 Å². The molecule has 0 aliphatic heterocycles. The molecule has 188 valence electrons. The molecule has 0 bridgehead atoms. The Morgan fingerprint density at radius 1 is 0.529 bits per heavy atom. The van der Waals surface area contributed by atoms with Crippen molar-refractivity contribution in [3.63, 3.8) is 0 Å². The highest BCUT2D eigenvalue weighted by molar-refractivity contribution is 6.75. The molecule has 0 heterocycles. The lowest BCUT2D eigenvalue weighted by atomic mass is 9.73. The monoisotopic (exact) mass is 504 g/mol. The van der Waals surface area contributed by atoms with Gasteiger partial charge in [0.1, 0.15) is 0 Å². The maximum absolute atomic E-state index is 5.62. The van der Waals surface area contributed by atoms with Crippen LogP contribution in [0.25, 0.3) is 0 Å². The van der Waals surface area contributed by atoms with Gasteiger partial charge < -0.3 is 26.6 Å². The lowest BCUT2D eigenvalue weighted by Crippen LogP contribution is -2.54. The first-order valence-corrected chi connectivity index (χ1v) is 15.4. The Balaban J connectivity index is 1.69. The van der Waals surface area contributed by atoms with Gasteiger partial charge in [-0.3, -0.25) is 0 Å². The van der Waals surface area contributed by atoms with Crippen molar-refractivity contribution in [1.82, 2.24) is 0 Å². The molecule has 1 fully saturated rings. The zero-order chi connectivity index (χ0) is 24.6. The van der Waals surface area contributed by atoms with Crippen LogP contribution in [0.2, 0.25) is 0 Å². The molecule has 0 radical (unpaired) electrons. The van der Waals surface area contributed by atoms with Gasteiger partial charge in [0.25, 0.3) is 0 Å². The fourth-order valence-electron chi connectivity index (χ4n) is 5.32. The maximum Gasteiger partial charge on any atom is 0.536 e. The van der Waals surface area contributed by atoms with Gasteiger partial charge in [-0.05, 0) is 48.6 Å². The van der Waals surface area contributed by atoms with Gasteiger partial charge in [-0.15, -0.1) is 0 Å². The second-order valence-corrected chi connectivity index (χ2v) is 14.8. The first-order valence-electron chi connectivity index (χ1n) is 12.0. The zero-order valence-electron chi connectivity index (χ0n) is 21.5. The normalized spacial score (nSPS) is 19.4. The molecular weight excluding hydrogens is 464 g/mol. The van der Waals surface area contributed by atoms with Crippen LogP contribution >= 0.6 is 0 Å². The lowest BCUT2D eigenvalue weighted by molar-refractivity contribution is 0.140. The van der Waals surface area contributed by atoms with Crippen LogP contribution in [0, 0.1) is 11.8 Å². The highest BCUT2D eigenvalue weighted by Gasteiger charge is 2.41. The topological polar surface area (TPSA) is 55.4 Å². The van der Waals surface area contributed by atoms with Gasteiger partial charge >= 0.3 is 17.6 Å². The summed E-state index contributed by atoms with van der Waals surface area (Å²) in [5.41, 5.74) is 2.72. The Morgan fingerprint density at radius 2 is 0.824 bits per heavy atom. The van der Waals surface area contributed by atoms with Crippen LogP contribution in [-0.2, 0) is 39.4 Å². The molecule has 0 N–H and O–H groups in total.